The Morgan fingerprint density at radius 2 is 1.88 bits per heavy atom. The zero-order valence-corrected chi connectivity index (χ0v) is 15.2. The summed E-state index contributed by atoms with van der Waals surface area (Å²) in [5.74, 6) is -0.239. The third-order valence-electron chi connectivity index (χ3n) is 4.29. The van der Waals surface area contributed by atoms with Crippen LogP contribution in [0.2, 0.25) is 0 Å². The molecular formula is C20H28N2O3. The summed E-state index contributed by atoms with van der Waals surface area (Å²) >= 11 is 0. The van der Waals surface area contributed by atoms with Gasteiger partial charge in [-0.2, -0.15) is 0 Å². The molecule has 25 heavy (non-hydrogen) atoms. The number of aliphatic hydroxyl groups excluding tert-OH is 1. The molecule has 3 N–H and O–H groups in total. The second-order valence-corrected chi connectivity index (χ2v) is 7.64. The van der Waals surface area contributed by atoms with E-state index < -0.39 is 0 Å². The highest BCUT2D eigenvalue weighted by atomic mass is 16.3. The van der Waals surface area contributed by atoms with Gasteiger partial charge in [0.2, 0.25) is 5.91 Å². The van der Waals surface area contributed by atoms with Crippen LogP contribution in [-0.2, 0) is 4.79 Å². The van der Waals surface area contributed by atoms with Crippen LogP contribution in [0.1, 0.15) is 56.0 Å². The van der Waals surface area contributed by atoms with E-state index in [0.29, 0.717) is 18.0 Å². The van der Waals surface area contributed by atoms with E-state index in [1.807, 2.05) is 32.9 Å². The van der Waals surface area contributed by atoms with Gasteiger partial charge in [-0.15, -0.1) is 0 Å². The quantitative estimate of drug-likeness (QED) is 0.665. The molecule has 1 aromatic rings. The van der Waals surface area contributed by atoms with Crippen LogP contribution in [0.5, 0.6) is 0 Å². The Bertz CT molecular complexity index is 625. The first-order chi connectivity index (χ1) is 11.8. The zero-order valence-electron chi connectivity index (χ0n) is 15.2. The lowest BCUT2D eigenvalue weighted by molar-refractivity contribution is -0.118. The van der Waals surface area contributed by atoms with Crippen LogP contribution in [0, 0.1) is 5.41 Å². The minimum atomic E-state index is -0.191. The van der Waals surface area contributed by atoms with Gasteiger partial charge in [0.15, 0.2) is 0 Å². The van der Waals surface area contributed by atoms with E-state index in [4.69, 9.17) is 5.11 Å². The predicted molar refractivity (Wildman–Crippen MR) is 99.1 cm³/mol. The Morgan fingerprint density at radius 3 is 2.40 bits per heavy atom. The molecule has 0 bridgehead atoms. The van der Waals surface area contributed by atoms with Gasteiger partial charge in [0.05, 0.1) is 0 Å². The minimum Gasteiger partial charge on any atom is -0.396 e. The molecule has 0 saturated heterocycles. The number of rotatable bonds is 7. The SMILES string of the molecule is CC(C)(C)C(CCO)NC(=O)/C=C/c1ccc(C(=O)NC2CC2)cc1. The molecule has 5 heteroatoms. The Hall–Kier alpha value is -2.14. The van der Waals surface area contributed by atoms with Gasteiger partial charge >= 0.3 is 0 Å². The van der Waals surface area contributed by atoms with Crippen molar-refractivity contribution in [1.82, 2.24) is 10.6 Å². The van der Waals surface area contributed by atoms with Gasteiger partial charge in [-0.3, -0.25) is 9.59 Å². The standard InChI is InChI=1S/C20H28N2O3/c1-20(2,3)17(12-13-23)22-18(24)11-6-14-4-7-15(8-5-14)19(25)21-16-9-10-16/h4-8,11,16-17,23H,9-10,12-13H2,1-3H3,(H,21,25)(H,22,24)/b11-6+. The summed E-state index contributed by atoms with van der Waals surface area (Å²) in [6.45, 7) is 6.13. The van der Waals surface area contributed by atoms with Gasteiger partial charge in [0, 0.05) is 30.3 Å². The van der Waals surface area contributed by atoms with Crippen molar-refractivity contribution < 1.29 is 14.7 Å². The van der Waals surface area contributed by atoms with Crippen LogP contribution >= 0.6 is 0 Å². The van der Waals surface area contributed by atoms with Crippen molar-refractivity contribution in [2.24, 2.45) is 5.41 Å². The molecule has 0 radical (unpaired) electrons. The minimum absolute atomic E-state index is 0.0380. The molecule has 1 aromatic carbocycles. The van der Waals surface area contributed by atoms with E-state index in [0.717, 1.165) is 18.4 Å². The van der Waals surface area contributed by atoms with Crippen molar-refractivity contribution in [3.05, 3.63) is 41.5 Å². The second kappa shape index (κ2) is 8.30. The number of nitrogens with one attached hydrogen (secondary N) is 2. The lowest BCUT2D eigenvalue weighted by Gasteiger charge is -2.30. The third kappa shape index (κ3) is 6.35. The lowest BCUT2D eigenvalue weighted by Crippen LogP contribution is -2.43. The molecule has 0 spiro atoms. The van der Waals surface area contributed by atoms with Crippen LogP contribution in [0.3, 0.4) is 0 Å². The van der Waals surface area contributed by atoms with Crippen LogP contribution in [0.25, 0.3) is 6.08 Å². The smallest absolute Gasteiger partial charge is 0.251 e. The van der Waals surface area contributed by atoms with Crippen LogP contribution in [-0.4, -0.2) is 35.6 Å². The average Bonchev–Trinajstić information content (AvgIpc) is 3.36. The van der Waals surface area contributed by atoms with Gasteiger partial charge in [-0.1, -0.05) is 32.9 Å². The molecule has 0 aromatic heterocycles. The second-order valence-electron chi connectivity index (χ2n) is 7.64. The van der Waals surface area contributed by atoms with Gasteiger partial charge in [0.25, 0.3) is 5.91 Å². The van der Waals surface area contributed by atoms with Crippen molar-refractivity contribution in [1.29, 1.82) is 0 Å². The van der Waals surface area contributed by atoms with Gasteiger partial charge < -0.3 is 15.7 Å². The van der Waals surface area contributed by atoms with Crippen molar-refractivity contribution in [3.8, 4) is 0 Å². The molecule has 1 aliphatic rings. The van der Waals surface area contributed by atoms with E-state index >= 15 is 0 Å². The molecule has 1 fully saturated rings. The Kier molecular flexibility index (Phi) is 6.37. The van der Waals surface area contributed by atoms with E-state index in [-0.39, 0.29) is 29.9 Å². The predicted octanol–water partition coefficient (Wildman–Crippen LogP) is 2.51. The summed E-state index contributed by atoms with van der Waals surface area (Å²) in [7, 11) is 0. The lowest BCUT2D eigenvalue weighted by atomic mass is 9.85. The normalized spacial score (nSPS) is 15.8. The molecule has 136 valence electrons. The highest BCUT2D eigenvalue weighted by Gasteiger charge is 2.25. The van der Waals surface area contributed by atoms with Crippen molar-refractivity contribution in [2.45, 2.75) is 52.1 Å². The Morgan fingerprint density at radius 1 is 1.24 bits per heavy atom. The number of carbonyl (C=O) groups is 2. The molecule has 1 saturated carbocycles. The van der Waals surface area contributed by atoms with E-state index in [2.05, 4.69) is 10.6 Å². The molecule has 5 nitrogen and oxygen atoms in total. The van der Waals surface area contributed by atoms with Crippen LogP contribution in [0.4, 0.5) is 0 Å². The fourth-order valence-corrected chi connectivity index (χ4v) is 2.48. The Labute approximate surface area is 149 Å². The highest BCUT2D eigenvalue weighted by molar-refractivity contribution is 5.95. The maximum atomic E-state index is 12.1. The first-order valence-corrected chi connectivity index (χ1v) is 8.80. The first-order valence-electron chi connectivity index (χ1n) is 8.80. The number of amides is 2. The number of hydrogen-bond donors (Lipinski definition) is 3. The average molecular weight is 344 g/mol. The maximum absolute atomic E-state index is 12.1. The number of benzene rings is 1. The van der Waals surface area contributed by atoms with E-state index in [1.54, 1.807) is 18.2 Å². The van der Waals surface area contributed by atoms with E-state index in [9.17, 15) is 9.59 Å². The molecular weight excluding hydrogens is 316 g/mol. The molecule has 0 aliphatic heterocycles. The first kappa shape index (κ1) is 19.2. The van der Waals surface area contributed by atoms with Crippen molar-refractivity contribution in [3.63, 3.8) is 0 Å². The summed E-state index contributed by atoms with van der Waals surface area (Å²) in [6, 6.07) is 7.41. The summed E-state index contributed by atoms with van der Waals surface area (Å²) in [5, 5.41) is 15.0. The zero-order chi connectivity index (χ0) is 18.4. The van der Waals surface area contributed by atoms with Gasteiger partial charge in [0.1, 0.15) is 0 Å². The monoisotopic (exact) mass is 344 g/mol. The van der Waals surface area contributed by atoms with Gasteiger partial charge in [-0.05, 0) is 48.4 Å². The van der Waals surface area contributed by atoms with Crippen LogP contribution < -0.4 is 10.6 Å². The molecule has 1 aliphatic carbocycles. The highest BCUT2D eigenvalue weighted by Crippen LogP contribution is 2.21. The number of aliphatic hydroxyl groups is 1. The summed E-state index contributed by atoms with van der Waals surface area (Å²) in [5.41, 5.74) is 1.36. The van der Waals surface area contributed by atoms with Crippen molar-refractivity contribution >= 4 is 17.9 Å². The van der Waals surface area contributed by atoms with Gasteiger partial charge in [-0.25, -0.2) is 0 Å². The van der Waals surface area contributed by atoms with Crippen molar-refractivity contribution in [2.75, 3.05) is 6.61 Å². The summed E-state index contributed by atoms with van der Waals surface area (Å²) < 4.78 is 0. The number of carbonyl (C=O) groups excluding carboxylic acids is 2. The number of hydrogen-bond acceptors (Lipinski definition) is 3. The molecule has 1 atom stereocenters. The molecule has 2 rings (SSSR count). The molecule has 1 unspecified atom stereocenters. The molecule has 0 heterocycles. The van der Waals surface area contributed by atoms with Crippen LogP contribution in [0.15, 0.2) is 30.3 Å². The van der Waals surface area contributed by atoms with E-state index in [1.165, 1.54) is 6.08 Å². The fraction of sp³-hybridized carbons (Fsp3) is 0.500. The molecule has 2 amide bonds. The largest absolute Gasteiger partial charge is 0.396 e. The third-order valence-corrected chi connectivity index (χ3v) is 4.29. The Balaban J connectivity index is 1.91. The summed E-state index contributed by atoms with van der Waals surface area (Å²) in [6.07, 6.45) is 5.85. The fourth-order valence-electron chi connectivity index (χ4n) is 2.48. The topological polar surface area (TPSA) is 78.4 Å². The maximum Gasteiger partial charge on any atom is 0.251 e. The summed E-state index contributed by atoms with van der Waals surface area (Å²) in [4.78, 5) is 24.0.